The first-order chi connectivity index (χ1) is 15.5. The van der Waals surface area contributed by atoms with Gasteiger partial charge in [-0.2, -0.15) is 0 Å². The molecule has 3 heterocycles. The fourth-order valence-corrected chi connectivity index (χ4v) is 4.84. The van der Waals surface area contributed by atoms with Crippen molar-refractivity contribution in [1.82, 2.24) is 14.8 Å². The summed E-state index contributed by atoms with van der Waals surface area (Å²) in [7, 11) is 0. The summed E-state index contributed by atoms with van der Waals surface area (Å²) < 4.78 is 5.89. The Kier molecular flexibility index (Phi) is 7.22. The van der Waals surface area contributed by atoms with Crippen LogP contribution in [0.1, 0.15) is 38.5 Å². The summed E-state index contributed by atoms with van der Waals surface area (Å²) in [6.45, 7) is 1.61. The highest BCUT2D eigenvalue weighted by Crippen LogP contribution is 2.26. The lowest BCUT2D eigenvalue weighted by Gasteiger charge is -2.41. The van der Waals surface area contributed by atoms with Crippen LogP contribution in [0.15, 0.2) is 36.5 Å². The van der Waals surface area contributed by atoms with Gasteiger partial charge in [0.1, 0.15) is 24.5 Å². The summed E-state index contributed by atoms with van der Waals surface area (Å²) in [5, 5.41) is 21.1. The average Bonchev–Trinajstić information content (AvgIpc) is 2.82. The number of carboxylic acid groups (broad SMARTS) is 1. The monoisotopic (exact) mass is 441 g/mol. The Balaban J connectivity index is 1.39. The number of carboxylic acids is 1. The smallest absolute Gasteiger partial charge is 0.326 e. The van der Waals surface area contributed by atoms with Crippen molar-refractivity contribution in [2.75, 3.05) is 26.2 Å². The number of rotatable bonds is 7. The number of aromatic nitrogens is 1. The van der Waals surface area contributed by atoms with Crippen LogP contribution in [0.4, 0.5) is 0 Å². The van der Waals surface area contributed by atoms with Crippen molar-refractivity contribution in [3.63, 3.8) is 0 Å². The topological polar surface area (TPSA) is 103 Å². The molecular formula is C24H31N3O5. The molecule has 1 aromatic heterocycles. The summed E-state index contributed by atoms with van der Waals surface area (Å²) in [5.74, 6) is -0.387. The molecule has 0 aliphatic carbocycles. The minimum absolute atomic E-state index is 0.104. The Labute approximate surface area is 187 Å². The molecular weight excluding hydrogens is 410 g/mol. The number of β-amino-alcohol motifs (C(OH)–C–C–N with tert-alkyl or cyclic N) is 1. The Morgan fingerprint density at radius 3 is 2.66 bits per heavy atom. The highest BCUT2D eigenvalue weighted by atomic mass is 16.5. The van der Waals surface area contributed by atoms with Gasteiger partial charge in [-0.05, 0) is 62.9 Å². The molecule has 8 nitrogen and oxygen atoms in total. The normalized spacial score (nSPS) is 23.1. The van der Waals surface area contributed by atoms with Crippen LogP contribution < -0.4 is 4.74 Å². The standard InChI is InChI=1S/C24H31N3O5/c28-17(16-32-22-11-5-8-19-18(22)7-6-12-25-19)15-26-13-3-1-9-20(26)23(29)27-14-4-2-10-21(27)24(30)31/h5-8,11-12,17,20-21,28H,1-4,9-10,13-16H2,(H,30,31). The van der Waals surface area contributed by atoms with Gasteiger partial charge in [0.15, 0.2) is 0 Å². The number of carbonyl (C=O) groups excluding carboxylic acids is 1. The number of piperidine rings is 2. The third-order valence-electron chi connectivity index (χ3n) is 6.45. The van der Waals surface area contributed by atoms with Crippen LogP contribution in [0.25, 0.3) is 10.9 Å². The number of likely N-dealkylation sites (tertiary alicyclic amines) is 2. The van der Waals surface area contributed by atoms with Crippen molar-refractivity contribution in [2.45, 2.75) is 56.7 Å². The number of pyridine rings is 1. The number of fused-ring (bicyclic) bond motifs is 1. The zero-order chi connectivity index (χ0) is 22.5. The molecule has 2 aliphatic heterocycles. The van der Waals surface area contributed by atoms with E-state index in [0.717, 1.165) is 36.6 Å². The van der Waals surface area contributed by atoms with Crippen molar-refractivity contribution in [3.05, 3.63) is 36.5 Å². The van der Waals surface area contributed by atoms with Crippen LogP contribution >= 0.6 is 0 Å². The lowest BCUT2D eigenvalue weighted by atomic mass is 9.96. The molecule has 2 N–H and O–H groups in total. The van der Waals surface area contributed by atoms with Gasteiger partial charge < -0.3 is 19.8 Å². The fraction of sp³-hybridized carbons (Fsp3) is 0.542. The third-order valence-corrected chi connectivity index (χ3v) is 6.45. The summed E-state index contributed by atoms with van der Waals surface area (Å²) >= 11 is 0. The van der Waals surface area contributed by atoms with E-state index >= 15 is 0 Å². The number of carbonyl (C=O) groups is 2. The van der Waals surface area contributed by atoms with Gasteiger partial charge in [0.05, 0.1) is 11.6 Å². The summed E-state index contributed by atoms with van der Waals surface area (Å²) in [5.41, 5.74) is 0.829. The Morgan fingerprint density at radius 1 is 1.06 bits per heavy atom. The van der Waals surface area contributed by atoms with E-state index in [1.54, 1.807) is 11.1 Å². The number of nitrogens with zero attached hydrogens (tertiary/aromatic N) is 3. The Morgan fingerprint density at radius 2 is 1.84 bits per heavy atom. The lowest BCUT2D eigenvalue weighted by Crippen LogP contribution is -2.57. The zero-order valence-corrected chi connectivity index (χ0v) is 18.2. The Hall–Kier alpha value is -2.71. The van der Waals surface area contributed by atoms with E-state index in [1.807, 2.05) is 35.2 Å². The zero-order valence-electron chi connectivity index (χ0n) is 18.2. The number of aliphatic hydroxyl groups excluding tert-OH is 1. The predicted molar refractivity (Wildman–Crippen MR) is 119 cm³/mol. The number of aliphatic hydroxyl groups is 1. The van der Waals surface area contributed by atoms with Crippen LogP contribution in [0.5, 0.6) is 5.75 Å². The number of hydrogen-bond acceptors (Lipinski definition) is 6. The van der Waals surface area contributed by atoms with Crippen molar-refractivity contribution in [3.8, 4) is 5.75 Å². The molecule has 3 atom stereocenters. The summed E-state index contributed by atoms with van der Waals surface area (Å²) in [6, 6.07) is 8.28. The molecule has 32 heavy (non-hydrogen) atoms. The molecule has 0 saturated carbocycles. The van der Waals surface area contributed by atoms with E-state index in [-0.39, 0.29) is 18.6 Å². The molecule has 2 aliphatic rings. The van der Waals surface area contributed by atoms with E-state index in [4.69, 9.17) is 4.74 Å². The first kappa shape index (κ1) is 22.5. The van der Waals surface area contributed by atoms with Gasteiger partial charge >= 0.3 is 5.97 Å². The third kappa shape index (κ3) is 5.02. The summed E-state index contributed by atoms with van der Waals surface area (Å²) in [4.78, 5) is 32.8. The maximum Gasteiger partial charge on any atom is 0.326 e. The van der Waals surface area contributed by atoms with Gasteiger partial charge in [-0.3, -0.25) is 14.7 Å². The first-order valence-electron chi connectivity index (χ1n) is 11.5. The van der Waals surface area contributed by atoms with Gasteiger partial charge in [0.2, 0.25) is 5.91 Å². The molecule has 4 rings (SSSR count). The minimum Gasteiger partial charge on any atom is -0.490 e. The second-order valence-corrected chi connectivity index (χ2v) is 8.68. The van der Waals surface area contributed by atoms with Crippen molar-refractivity contribution in [2.24, 2.45) is 0 Å². The quantitative estimate of drug-likeness (QED) is 0.680. The fourth-order valence-electron chi connectivity index (χ4n) is 4.84. The van der Waals surface area contributed by atoms with Crippen LogP contribution in [0.3, 0.4) is 0 Å². The van der Waals surface area contributed by atoms with Crippen molar-refractivity contribution in [1.29, 1.82) is 0 Å². The minimum atomic E-state index is -0.932. The van der Waals surface area contributed by atoms with Gasteiger partial charge in [-0.1, -0.05) is 12.5 Å². The number of hydrogen-bond donors (Lipinski definition) is 2. The Bertz CT molecular complexity index is 947. The molecule has 1 aromatic carbocycles. The number of amides is 1. The van der Waals surface area contributed by atoms with Crippen molar-refractivity contribution < 1.29 is 24.5 Å². The largest absolute Gasteiger partial charge is 0.490 e. The lowest BCUT2D eigenvalue weighted by molar-refractivity contribution is -0.155. The average molecular weight is 442 g/mol. The van der Waals surface area contributed by atoms with Crippen LogP contribution in [-0.4, -0.2) is 81.3 Å². The molecule has 2 aromatic rings. The van der Waals surface area contributed by atoms with E-state index in [1.165, 1.54) is 0 Å². The molecule has 2 fully saturated rings. The number of benzene rings is 1. The maximum absolute atomic E-state index is 13.3. The van der Waals surface area contributed by atoms with Crippen molar-refractivity contribution >= 4 is 22.8 Å². The predicted octanol–water partition coefficient (Wildman–Crippen LogP) is 2.29. The van der Waals surface area contributed by atoms with Crippen LogP contribution in [-0.2, 0) is 9.59 Å². The number of ether oxygens (including phenoxy) is 1. The van der Waals surface area contributed by atoms with Crippen LogP contribution in [0, 0.1) is 0 Å². The molecule has 172 valence electrons. The number of aliphatic carboxylic acids is 1. The molecule has 3 unspecified atom stereocenters. The second-order valence-electron chi connectivity index (χ2n) is 8.68. The van der Waals surface area contributed by atoms with Gasteiger partial charge in [0, 0.05) is 24.7 Å². The molecule has 8 heteroatoms. The van der Waals surface area contributed by atoms with Gasteiger partial charge in [-0.25, -0.2) is 4.79 Å². The molecule has 0 radical (unpaired) electrons. The molecule has 1 amide bonds. The molecule has 2 saturated heterocycles. The maximum atomic E-state index is 13.3. The van der Waals surface area contributed by atoms with Gasteiger partial charge in [0.25, 0.3) is 0 Å². The van der Waals surface area contributed by atoms with Gasteiger partial charge in [-0.15, -0.1) is 0 Å². The summed E-state index contributed by atoms with van der Waals surface area (Å²) in [6.07, 6.45) is 5.68. The highest BCUT2D eigenvalue weighted by molar-refractivity contribution is 5.87. The second kappa shape index (κ2) is 10.3. The van der Waals surface area contributed by atoms with E-state index in [2.05, 4.69) is 4.98 Å². The highest BCUT2D eigenvalue weighted by Gasteiger charge is 2.38. The SMILES string of the molecule is O=C(O)C1CCCCN1C(=O)C1CCCCN1CC(O)COc1cccc2ncccc12. The molecule has 0 bridgehead atoms. The van der Waals surface area contributed by atoms with E-state index in [0.29, 0.717) is 38.2 Å². The van der Waals surface area contributed by atoms with Crippen LogP contribution in [0.2, 0.25) is 0 Å². The first-order valence-corrected chi connectivity index (χ1v) is 11.5. The molecule has 0 spiro atoms. The van der Waals surface area contributed by atoms with E-state index in [9.17, 15) is 19.8 Å². The van der Waals surface area contributed by atoms with E-state index < -0.39 is 18.1 Å².